The Hall–Kier alpha value is -3.21. The Balaban J connectivity index is 1.54. The molecule has 0 fully saturated rings. The van der Waals surface area contributed by atoms with E-state index >= 15 is 0 Å². The van der Waals surface area contributed by atoms with Gasteiger partial charge in [0.2, 0.25) is 5.91 Å². The first-order chi connectivity index (χ1) is 15.2. The van der Waals surface area contributed by atoms with E-state index < -0.39 is 12.3 Å². The van der Waals surface area contributed by atoms with E-state index in [4.69, 9.17) is 0 Å². The first-order valence-electron chi connectivity index (χ1n) is 9.62. The number of benzene rings is 1. The molecule has 32 heavy (non-hydrogen) atoms. The zero-order chi connectivity index (χ0) is 23.0. The molecule has 166 valence electrons. The Morgan fingerprint density at radius 3 is 2.69 bits per heavy atom. The molecule has 3 aromatic heterocycles. The van der Waals surface area contributed by atoms with Crippen molar-refractivity contribution in [3.05, 3.63) is 69.3 Å². The highest BCUT2D eigenvalue weighted by Crippen LogP contribution is 2.30. The normalized spacial score (nSPS) is 11.5. The number of aryl methyl sites for hydroxylation is 2. The summed E-state index contributed by atoms with van der Waals surface area (Å²) in [6.07, 6.45) is -1.06. The smallest absolute Gasteiger partial charge is 0.264 e. The van der Waals surface area contributed by atoms with Crippen molar-refractivity contribution in [1.29, 1.82) is 0 Å². The van der Waals surface area contributed by atoms with E-state index in [0.29, 0.717) is 21.4 Å². The van der Waals surface area contributed by atoms with E-state index in [1.54, 1.807) is 38.2 Å². The molecule has 4 aromatic rings. The second-order valence-corrected chi connectivity index (χ2v) is 8.11. The molecule has 0 aliphatic rings. The summed E-state index contributed by atoms with van der Waals surface area (Å²) in [6.45, 7) is 3.15. The highest BCUT2D eigenvalue weighted by Gasteiger charge is 2.21. The molecule has 0 aliphatic heterocycles. The number of carbonyl (C=O) groups excluding carboxylic acids is 1. The van der Waals surface area contributed by atoms with Crippen molar-refractivity contribution < 1.29 is 18.0 Å². The van der Waals surface area contributed by atoms with Crippen molar-refractivity contribution in [1.82, 2.24) is 24.5 Å². The van der Waals surface area contributed by atoms with E-state index in [0.717, 1.165) is 0 Å². The molecular weight excluding hydrogens is 489 g/mol. The lowest BCUT2D eigenvalue weighted by Gasteiger charge is -2.07. The number of hydrogen-bond donors (Lipinski definition) is 1. The summed E-state index contributed by atoms with van der Waals surface area (Å²) in [4.78, 5) is 16.9. The van der Waals surface area contributed by atoms with Crippen LogP contribution < -0.4 is 5.32 Å². The highest BCUT2D eigenvalue weighted by atomic mass is 79.9. The van der Waals surface area contributed by atoms with E-state index in [2.05, 4.69) is 36.4 Å². The fraction of sp³-hybridized carbons (Fsp3) is 0.238. The molecule has 7 nitrogen and oxygen atoms in total. The van der Waals surface area contributed by atoms with Crippen molar-refractivity contribution in [2.75, 3.05) is 5.32 Å². The minimum absolute atomic E-state index is 0.161. The molecule has 0 radical (unpaired) electrons. The first kappa shape index (κ1) is 22.0. The standard InChI is InChI=1S/C21H18BrF3N6O/c1-11-7-14(19(24)25)18-12(2)28-31(21(18)26-11)10-17(32)27-20-15(22)9-30(29-20)8-13-5-3-4-6-16(13)23/h3-7,9,19H,8,10H2,1-2H3,(H,27,29,32). The molecular formula is C21H18BrF3N6O. The lowest BCUT2D eigenvalue weighted by atomic mass is 10.1. The fourth-order valence-corrected chi connectivity index (χ4v) is 3.89. The van der Waals surface area contributed by atoms with Gasteiger partial charge in [0, 0.05) is 23.0 Å². The van der Waals surface area contributed by atoms with Gasteiger partial charge in [0.05, 0.1) is 22.1 Å². The van der Waals surface area contributed by atoms with Gasteiger partial charge in [-0.2, -0.15) is 10.2 Å². The number of aromatic nitrogens is 5. The zero-order valence-electron chi connectivity index (χ0n) is 17.1. The van der Waals surface area contributed by atoms with Gasteiger partial charge < -0.3 is 5.32 Å². The number of carbonyl (C=O) groups is 1. The molecule has 11 heteroatoms. The van der Waals surface area contributed by atoms with E-state index in [9.17, 15) is 18.0 Å². The number of nitrogens with one attached hydrogen (secondary N) is 1. The number of anilines is 1. The molecule has 0 saturated heterocycles. The highest BCUT2D eigenvalue weighted by molar-refractivity contribution is 9.10. The number of fused-ring (bicyclic) bond motifs is 1. The molecule has 0 aliphatic carbocycles. The third kappa shape index (κ3) is 4.38. The van der Waals surface area contributed by atoms with Crippen molar-refractivity contribution in [3.8, 4) is 0 Å². The molecule has 0 saturated carbocycles. The predicted molar refractivity (Wildman–Crippen MR) is 116 cm³/mol. The van der Waals surface area contributed by atoms with Crippen molar-refractivity contribution in [2.45, 2.75) is 33.4 Å². The van der Waals surface area contributed by atoms with Crippen LogP contribution in [0.15, 0.2) is 41.0 Å². The summed E-state index contributed by atoms with van der Waals surface area (Å²) in [5.41, 5.74) is 1.29. The van der Waals surface area contributed by atoms with Crippen LogP contribution in [0, 0.1) is 19.7 Å². The molecule has 3 heterocycles. The van der Waals surface area contributed by atoms with Gasteiger partial charge in [0.1, 0.15) is 12.4 Å². The maximum Gasteiger partial charge on any atom is 0.264 e. The third-order valence-corrected chi connectivity index (χ3v) is 5.41. The van der Waals surface area contributed by atoms with E-state index in [1.807, 2.05) is 0 Å². The Bertz CT molecular complexity index is 1320. The molecule has 0 bridgehead atoms. The minimum Gasteiger partial charge on any atom is -0.307 e. The van der Waals surface area contributed by atoms with Crippen LogP contribution in [-0.4, -0.2) is 30.5 Å². The number of alkyl halides is 2. The summed E-state index contributed by atoms with van der Waals surface area (Å²) < 4.78 is 44.1. The average molecular weight is 507 g/mol. The second-order valence-electron chi connectivity index (χ2n) is 7.26. The summed E-state index contributed by atoms with van der Waals surface area (Å²) in [5, 5.41) is 11.4. The third-order valence-electron chi connectivity index (χ3n) is 4.83. The maximum atomic E-state index is 13.9. The van der Waals surface area contributed by atoms with E-state index in [-0.39, 0.29) is 41.3 Å². The van der Waals surface area contributed by atoms with Crippen LogP contribution in [0.4, 0.5) is 19.0 Å². The maximum absolute atomic E-state index is 13.9. The van der Waals surface area contributed by atoms with E-state index in [1.165, 1.54) is 21.5 Å². The first-order valence-corrected chi connectivity index (χ1v) is 10.4. The summed E-state index contributed by atoms with van der Waals surface area (Å²) in [5.74, 6) is -0.568. The number of nitrogens with zero attached hydrogens (tertiary/aromatic N) is 5. The van der Waals surface area contributed by atoms with Crippen LogP contribution in [0.3, 0.4) is 0 Å². The Morgan fingerprint density at radius 1 is 1.22 bits per heavy atom. The van der Waals surface area contributed by atoms with Gasteiger partial charge >= 0.3 is 0 Å². The number of amides is 1. The van der Waals surface area contributed by atoms with Crippen LogP contribution in [0.1, 0.15) is 28.9 Å². The summed E-state index contributed by atoms with van der Waals surface area (Å²) >= 11 is 3.33. The Labute approximate surface area is 189 Å². The number of pyridine rings is 1. The van der Waals surface area contributed by atoms with Gasteiger partial charge in [-0.15, -0.1) is 0 Å². The summed E-state index contributed by atoms with van der Waals surface area (Å²) in [6, 6.07) is 7.67. The van der Waals surface area contributed by atoms with Gasteiger partial charge in [0.25, 0.3) is 6.43 Å². The van der Waals surface area contributed by atoms with Crippen LogP contribution in [0.25, 0.3) is 11.0 Å². The molecule has 0 atom stereocenters. The number of halogens is 4. The lowest BCUT2D eigenvalue weighted by molar-refractivity contribution is -0.116. The average Bonchev–Trinajstić information content (AvgIpc) is 3.22. The van der Waals surface area contributed by atoms with Gasteiger partial charge in [-0.05, 0) is 41.9 Å². The molecule has 1 N–H and O–H groups in total. The molecule has 4 rings (SSSR count). The molecule has 0 unspecified atom stereocenters. The number of rotatable bonds is 6. The Morgan fingerprint density at radius 2 is 1.97 bits per heavy atom. The van der Waals surface area contributed by atoms with Crippen LogP contribution in [-0.2, 0) is 17.9 Å². The second kappa shape index (κ2) is 8.73. The quantitative estimate of drug-likeness (QED) is 0.408. The van der Waals surface area contributed by atoms with Crippen LogP contribution in [0.5, 0.6) is 0 Å². The minimum atomic E-state index is -2.68. The van der Waals surface area contributed by atoms with Crippen LogP contribution in [0.2, 0.25) is 0 Å². The SMILES string of the molecule is Cc1cc(C(F)F)c2c(C)nn(CC(=O)Nc3nn(Cc4ccccc4F)cc3Br)c2n1. The van der Waals surface area contributed by atoms with Crippen LogP contribution >= 0.6 is 15.9 Å². The molecule has 1 aromatic carbocycles. The van der Waals surface area contributed by atoms with Crippen molar-refractivity contribution >= 4 is 38.7 Å². The van der Waals surface area contributed by atoms with Gasteiger partial charge in [-0.25, -0.2) is 22.8 Å². The monoisotopic (exact) mass is 506 g/mol. The number of hydrogen-bond acceptors (Lipinski definition) is 4. The fourth-order valence-electron chi connectivity index (χ4n) is 3.47. The van der Waals surface area contributed by atoms with Gasteiger partial charge in [-0.3, -0.25) is 9.48 Å². The topological polar surface area (TPSA) is 77.6 Å². The zero-order valence-corrected chi connectivity index (χ0v) is 18.7. The largest absolute Gasteiger partial charge is 0.307 e. The molecule has 1 amide bonds. The molecule has 0 spiro atoms. The Kier molecular flexibility index (Phi) is 6.00. The van der Waals surface area contributed by atoms with Gasteiger partial charge in [0.15, 0.2) is 11.5 Å². The summed E-state index contributed by atoms with van der Waals surface area (Å²) in [7, 11) is 0. The predicted octanol–water partition coefficient (Wildman–Crippen LogP) is 4.77. The van der Waals surface area contributed by atoms with Crippen molar-refractivity contribution in [3.63, 3.8) is 0 Å². The van der Waals surface area contributed by atoms with Gasteiger partial charge in [-0.1, -0.05) is 18.2 Å². The van der Waals surface area contributed by atoms with Crippen molar-refractivity contribution in [2.24, 2.45) is 0 Å². The lowest BCUT2D eigenvalue weighted by Crippen LogP contribution is -2.20.